The van der Waals surface area contributed by atoms with E-state index in [1.54, 1.807) is 79.7 Å². The van der Waals surface area contributed by atoms with Gasteiger partial charge in [-0.3, -0.25) is 24.0 Å². The zero-order valence-electron chi connectivity index (χ0n) is 34.8. The van der Waals surface area contributed by atoms with Gasteiger partial charge in [0.1, 0.15) is 5.70 Å². The lowest BCUT2D eigenvalue weighted by Gasteiger charge is -2.18. The summed E-state index contributed by atoms with van der Waals surface area (Å²) in [6, 6.07) is 50.7. The van der Waals surface area contributed by atoms with Crippen molar-refractivity contribution >= 4 is 77.8 Å². The van der Waals surface area contributed by atoms with Crippen molar-refractivity contribution in [3.63, 3.8) is 0 Å². The number of nitrogens with zero attached hydrogens (tertiary/aromatic N) is 4. The molecule has 65 heavy (non-hydrogen) atoms. The van der Waals surface area contributed by atoms with Gasteiger partial charge in [0.25, 0.3) is 0 Å². The molecule has 1 aliphatic rings. The van der Waals surface area contributed by atoms with E-state index in [1.807, 2.05) is 97.1 Å². The van der Waals surface area contributed by atoms with Crippen molar-refractivity contribution in [3.8, 4) is 0 Å². The fourth-order valence-corrected chi connectivity index (χ4v) is 8.26. The van der Waals surface area contributed by atoms with Crippen LogP contribution in [0.25, 0.3) is 43.1 Å². The minimum absolute atomic E-state index is 0.0336. The number of carbonyl (C=O) groups is 5. The third kappa shape index (κ3) is 7.49. The molecule has 0 unspecified atom stereocenters. The number of amidine groups is 1. The summed E-state index contributed by atoms with van der Waals surface area (Å²) in [5, 5.41) is 8.84. The Labute approximate surface area is 371 Å². The molecule has 9 aromatic rings. The second kappa shape index (κ2) is 16.8. The molecule has 10 nitrogen and oxygen atoms in total. The standard InChI is InChI=1S/C55H35N5O5/c1-32-30-31-45(56-52(48(62)42-27-11-19-34-15-3-7-23-38(34)42)57-46(32)47(61)41-26-10-18-33-14-2-6-22-37(33)41)51(65)55-59-53(49(63)43-28-12-20-35-16-4-8-24-39(35)43)58-54(60-55)50(64)44-29-13-21-36-17-5-9-25-40(36)44/h2-29,31H,30H2,1H3,(H,56,57)/b45-31+,46-32?. The summed E-state index contributed by atoms with van der Waals surface area (Å²) < 4.78 is 0. The van der Waals surface area contributed by atoms with Gasteiger partial charge in [0.2, 0.25) is 46.4 Å². The molecule has 0 amide bonds. The number of aromatic nitrogens is 3. The first-order chi connectivity index (χ1) is 31.7. The average molecular weight is 846 g/mol. The van der Waals surface area contributed by atoms with Crippen LogP contribution in [-0.4, -0.2) is 49.7 Å². The third-order valence-corrected chi connectivity index (χ3v) is 11.5. The maximum atomic E-state index is 15.0. The predicted molar refractivity (Wildman–Crippen MR) is 251 cm³/mol. The zero-order valence-corrected chi connectivity index (χ0v) is 34.8. The Hall–Kier alpha value is -8.89. The summed E-state index contributed by atoms with van der Waals surface area (Å²) in [5.74, 6) is -4.77. The summed E-state index contributed by atoms with van der Waals surface area (Å²) in [5.41, 5.74) is 1.56. The fraction of sp³-hybridized carbons (Fsp3) is 0.0364. The molecule has 2 heterocycles. The molecule has 0 atom stereocenters. The monoisotopic (exact) mass is 845 g/mol. The van der Waals surface area contributed by atoms with Gasteiger partial charge in [-0.15, -0.1) is 0 Å². The van der Waals surface area contributed by atoms with Crippen LogP contribution in [-0.2, 0) is 0 Å². The number of benzene rings is 8. The van der Waals surface area contributed by atoms with E-state index in [4.69, 9.17) is 4.99 Å². The molecule has 0 saturated heterocycles. The molecule has 8 aromatic carbocycles. The minimum atomic E-state index is -0.846. The van der Waals surface area contributed by atoms with Crippen LogP contribution in [0.2, 0.25) is 0 Å². The highest BCUT2D eigenvalue weighted by molar-refractivity contribution is 6.48. The van der Waals surface area contributed by atoms with Crippen LogP contribution >= 0.6 is 0 Å². The minimum Gasteiger partial charge on any atom is -0.334 e. The number of hydrogen-bond donors (Lipinski definition) is 1. The first-order valence-electron chi connectivity index (χ1n) is 20.9. The number of nitrogens with one attached hydrogen (secondary N) is 1. The van der Waals surface area contributed by atoms with E-state index in [1.165, 1.54) is 6.08 Å². The van der Waals surface area contributed by atoms with Crippen molar-refractivity contribution in [3.05, 3.63) is 233 Å². The largest absolute Gasteiger partial charge is 0.334 e. The number of ketones is 5. The van der Waals surface area contributed by atoms with E-state index in [9.17, 15) is 24.0 Å². The summed E-state index contributed by atoms with van der Waals surface area (Å²) >= 11 is 0. The quantitative estimate of drug-likeness (QED) is 0.133. The van der Waals surface area contributed by atoms with E-state index in [0.29, 0.717) is 27.3 Å². The Morgan fingerprint density at radius 3 is 1.15 bits per heavy atom. The lowest BCUT2D eigenvalue weighted by atomic mass is 9.96. The molecule has 10 rings (SSSR count). The Morgan fingerprint density at radius 2 is 0.738 bits per heavy atom. The van der Waals surface area contributed by atoms with E-state index in [2.05, 4.69) is 20.3 Å². The summed E-state index contributed by atoms with van der Waals surface area (Å²) in [6.45, 7) is 1.72. The van der Waals surface area contributed by atoms with Crippen molar-refractivity contribution in [1.29, 1.82) is 0 Å². The van der Waals surface area contributed by atoms with Crippen molar-refractivity contribution in [1.82, 2.24) is 20.3 Å². The van der Waals surface area contributed by atoms with E-state index >= 15 is 0 Å². The topological polar surface area (TPSA) is 148 Å². The number of rotatable bonds is 10. The van der Waals surface area contributed by atoms with Crippen LogP contribution in [0.1, 0.15) is 77.0 Å². The smallest absolute Gasteiger partial charge is 0.246 e. The molecule has 0 aliphatic carbocycles. The summed E-state index contributed by atoms with van der Waals surface area (Å²) in [6.07, 6.45) is 1.58. The number of hydrogen-bond acceptors (Lipinski definition) is 10. The maximum Gasteiger partial charge on any atom is 0.246 e. The second-order valence-electron chi connectivity index (χ2n) is 15.6. The van der Waals surface area contributed by atoms with Gasteiger partial charge in [-0.2, -0.15) is 0 Å². The van der Waals surface area contributed by atoms with Gasteiger partial charge < -0.3 is 5.32 Å². The highest BCUT2D eigenvalue weighted by Gasteiger charge is 2.30. The van der Waals surface area contributed by atoms with E-state index < -0.39 is 46.4 Å². The van der Waals surface area contributed by atoms with Crippen LogP contribution in [0.3, 0.4) is 0 Å². The molecule has 0 bridgehead atoms. The van der Waals surface area contributed by atoms with Gasteiger partial charge in [0.05, 0.1) is 5.70 Å². The Balaban J connectivity index is 1.12. The lowest BCUT2D eigenvalue weighted by Crippen LogP contribution is -2.36. The highest BCUT2D eigenvalue weighted by atomic mass is 16.2. The SMILES string of the molecule is CC1=C(C(=O)c2cccc3ccccc23)N=C(C(=O)c2cccc3ccccc23)N/C(C(=O)c2nc(C(=O)c3cccc4ccccc34)nc(C(=O)c3cccc4ccccc34)n2)=C/C1. The summed E-state index contributed by atoms with van der Waals surface area (Å²) in [7, 11) is 0. The van der Waals surface area contributed by atoms with Crippen LogP contribution in [0.5, 0.6) is 0 Å². The van der Waals surface area contributed by atoms with E-state index in [-0.39, 0.29) is 40.3 Å². The van der Waals surface area contributed by atoms with Crippen molar-refractivity contribution in [2.75, 3.05) is 0 Å². The molecule has 1 aromatic heterocycles. The predicted octanol–water partition coefficient (Wildman–Crippen LogP) is 10.4. The Bertz CT molecular complexity index is 3490. The molecule has 0 spiro atoms. The molecular formula is C55H35N5O5. The lowest BCUT2D eigenvalue weighted by molar-refractivity contribution is 0.100. The van der Waals surface area contributed by atoms with Gasteiger partial charge in [-0.05, 0) is 62.0 Å². The number of aliphatic imine (C=N–C) groups is 1. The van der Waals surface area contributed by atoms with E-state index in [0.717, 1.165) is 26.9 Å². The summed E-state index contributed by atoms with van der Waals surface area (Å²) in [4.78, 5) is 91.4. The maximum absolute atomic E-state index is 15.0. The average Bonchev–Trinajstić information content (AvgIpc) is 3.35. The zero-order chi connectivity index (χ0) is 44.6. The molecule has 1 aliphatic heterocycles. The Kier molecular flexibility index (Phi) is 10.4. The van der Waals surface area contributed by atoms with Crippen molar-refractivity contribution in [2.45, 2.75) is 13.3 Å². The molecule has 0 saturated carbocycles. The van der Waals surface area contributed by atoms with Gasteiger partial charge in [0, 0.05) is 22.3 Å². The van der Waals surface area contributed by atoms with Crippen LogP contribution in [0, 0.1) is 0 Å². The van der Waals surface area contributed by atoms with Crippen LogP contribution < -0.4 is 5.32 Å². The molecule has 310 valence electrons. The van der Waals surface area contributed by atoms with Crippen molar-refractivity contribution < 1.29 is 24.0 Å². The number of Topliss-reactive ketones (excluding diaryl/α,β-unsaturated/α-hetero) is 3. The molecule has 0 fully saturated rings. The molecule has 10 heteroatoms. The fourth-order valence-electron chi connectivity index (χ4n) is 8.26. The number of allylic oxidation sites excluding steroid dienone is 4. The van der Waals surface area contributed by atoms with Crippen LogP contribution in [0.15, 0.2) is 198 Å². The Morgan fingerprint density at radius 1 is 0.400 bits per heavy atom. The third-order valence-electron chi connectivity index (χ3n) is 11.5. The number of carbonyl (C=O) groups excluding carboxylic acids is 5. The van der Waals surface area contributed by atoms with Crippen LogP contribution in [0.4, 0.5) is 0 Å². The normalized spacial score (nSPS) is 13.7. The number of fused-ring (bicyclic) bond motifs is 4. The first kappa shape index (κ1) is 40.2. The van der Waals surface area contributed by atoms with Gasteiger partial charge >= 0.3 is 0 Å². The van der Waals surface area contributed by atoms with Gasteiger partial charge in [-0.25, -0.2) is 19.9 Å². The first-order valence-corrected chi connectivity index (χ1v) is 20.9. The van der Waals surface area contributed by atoms with Gasteiger partial charge in [-0.1, -0.05) is 176 Å². The highest BCUT2D eigenvalue weighted by Crippen LogP contribution is 2.28. The molecular weight excluding hydrogens is 811 g/mol. The molecule has 0 radical (unpaired) electrons. The van der Waals surface area contributed by atoms with Gasteiger partial charge in [0.15, 0.2) is 5.84 Å². The second-order valence-corrected chi connectivity index (χ2v) is 15.6. The van der Waals surface area contributed by atoms with Crippen molar-refractivity contribution in [2.24, 2.45) is 4.99 Å². The molecule has 1 N–H and O–H groups in total.